The van der Waals surface area contributed by atoms with Gasteiger partial charge in [-0.05, 0) is 28.8 Å². The summed E-state index contributed by atoms with van der Waals surface area (Å²) in [6.07, 6.45) is 7.87. The van der Waals surface area contributed by atoms with Crippen LogP contribution in [0.5, 0.6) is 0 Å². The summed E-state index contributed by atoms with van der Waals surface area (Å²) in [6.45, 7) is 0.534. The molecule has 1 aliphatic rings. The fraction of sp³-hybridized carbons (Fsp3) is 0.600. The first-order valence-electron chi connectivity index (χ1n) is 8.01. The SMILES string of the molecule is Cn1nc(Br)c2c(NCCC(=O)NC3CCCCC3)ncnc21. The van der Waals surface area contributed by atoms with Gasteiger partial charge in [0.05, 0.1) is 5.39 Å². The summed E-state index contributed by atoms with van der Waals surface area (Å²) in [5, 5.41) is 11.5. The molecule has 2 heterocycles. The van der Waals surface area contributed by atoms with Gasteiger partial charge in [0.2, 0.25) is 5.91 Å². The van der Waals surface area contributed by atoms with E-state index in [0.29, 0.717) is 29.4 Å². The molecule has 2 aromatic heterocycles. The van der Waals surface area contributed by atoms with Crippen LogP contribution >= 0.6 is 15.9 Å². The molecule has 8 heteroatoms. The number of carbonyl (C=O) groups is 1. The first-order chi connectivity index (χ1) is 11.1. The summed E-state index contributed by atoms with van der Waals surface area (Å²) < 4.78 is 2.40. The van der Waals surface area contributed by atoms with E-state index in [1.807, 2.05) is 7.05 Å². The third kappa shape index (κ3) is 3.80. The van der Waals surface area contributed by atoms with Crippen molar-refractivity contribution in [3.63, 3.8) is 0 Å². The van der Waals surface area contributed by atoms with Gasteiger partial charge in [0.1, 0.15) is 16.7 Å². The zero-order chi connectivity index (χ0) is 16.2. The van der Waals surface area contributed by atoms with E-state index in [1.165, 1.54) is 25.6 Å². The highest BCUT2D eigenvalue weighted by Crippen LogP contribution is 2.26. The minimum atomic E-state index is 0.0972. The van der Waals surface area contributed by atoms with Crippen LogP contribution in [0.25, 0.3) is 11.0 Å². The van der Waals surface area contributed by atoms with E-state index in [1.54, 1.807) is 4.68 Å². The Morgan fingerprint density at radius 2 is 2.13 bits per heavy atom. The Balaban J connectivity index is 1.55. The molecule has 0 saturated heterocycles. The van der Waals surface area contributed by atoms with Crippen molar-refractivity contribution in [1.82, 2.24) is 25.1 Å². The largest absolute Gasteiger partial charge is 0.369 e. The number of halogens is 1. The Morgan fingerprint density at radius 3 is 2.91 bits per heavy atom. The van der Waals surface area contributed by atoms with Crippen molar-refractivity contribution < 1.29 is 4.79 Å². The van der Waals surface area contributed by atoms with Crippen LogP contribution in [0, 0.1) is 0 Å². The van der Waals surface area contributed by atoms with Gasteiger partial charge in [-0.3, -0.25) is 4.79 Å². The molecular weight excluding hydrogens is 360 g/mol. The van der Waals surface area contributed by atoms with Gasteiger partial charge in [0.15, 0.2) is 5.65 Å². The third-order valence-corrected chi connectivity index (χ3v) is 4.75. The molecule has 0 unspecified atom stereocenters. The van der Waals surface area contributed by atoms with E-state index in [0.717, 1.165) is 23.9 Å². The number of aryl methyl sites for hydroxylation is 1. The van der Waals surface area contributed by atoms with E-state index in [4.69, 9.17) is 0 Å². The second kappa shape index (κ2) is 7.25. The van der Waals surface area contributed by atoms with Crippen LogP contribution in [-0.4, -0.2) is 38.2 Å². The molecule has 7 nitrogen and oxygen atoms in total. The first-order valence-corrected chi connectivity index (χ1v) is 8.81. The van der Waals surface area contributed by atoms with Crippen molar-refractivity contribution in [3.8, 4) is 0 Å². The lowest BCUT2D eigenvalue weighted by molar-refractivity contribution is -0.121. The molecule has 0 aromatic carbocycles. The molecule has 2 aromatic rings. The number of anilines is 1. The number of nitrogens with one attached hydrogen (secondary N) is 2. The van der Waals surface area contributed by atoms with Crippen molar-refractivity contribution in [1.29, 1.82) is 0 Å². The Hall–Kier alpha value is -1.70. The topological polar surface area (TPSA) is 84.7 Å². The maximum Gasteiger partial charge on any atom is 0.221 e. The monoisotopic (exact) mass is 380 g/mol. The van der Waals surface area contributed by atoms with Crippen molar-refractivity contribution in [2.45, 2.75) is 44.6 Å². The molecule has 0 aliphatic heterocycles. The predicted octanol–water partition coefficient (Wildman–Crippen LogP) is 2.38. The molecule has 0 bridgehead atoms. The zero-order valence-electron chi connectivity index (χ0n) is 13.2. The fourth-order valence-electron chi connectivity index (χ4n) is 3.02. The molecule has 1 aliphatic carbocycles. The molecule has 0 atom stereocenters. The van der Waals surface area contributed by atoms with Gasteiger partial charge in [-0.1, -0.05) is 19.3 Å². The molecule has 0 radical (unpaired) electrons. The smallest absolute Gasteiger partial charge is 0.221 e. The number of rotatable bonds is 5. The third-order valence-electron chi connectivity index (χ3n) is 4.19. The Bertz CT molecular complexity index is 695. The lowest BCUT2D eigenvalue weighted by Crippen LogP contribution is -2.36. The van der Waals surface area contributed by atoms with Gasteiger partial charge in [0.25, 0.3) is 0 Å². The highest BCUT2D eigenvalue weighted by Gasteiger charge is 2.16. The van der Waals surface area contributed by atoms with E-state index >= 15 is 0 Å². The van der Waals surface area contributed by atoms with Crippen LogP contribution in [0.1, 0.15) is 38.5 Å². The van der Waals surface area contributed by atoms with Crippen LogP contribution in [0.3, 0.4) is 0 Å². The normalized spacial score (nSPS) is 15.7. The number of amides is 1. The summed E-state index contributed by atoms with van der Waals surface area (Å²) in [7, 11) is 1.83. The summed E-state index contributed by atoms with van der Waals surface area (Å²) in [5.74, 6) is 0.792. The molecule has 124 valence electrons. The molecule has 0 spiro atoms. The second-order valence-corrected chi connectivity index (χ2v) is 6.67. The Morgan fingerprint density at radius 1 is 1.35 bits per heavy atom. The van der Waals surface area contributed by atoms with Crippen LogP contribution in [0.15, 0.2) is 10.9 Å². The molecule has 1 saturated carbocycles. The van der Waals surface area contributed by atoms with Crippen molar-refractivity contribution >= 4 is 38.7 Å². The van der Waals surface area contributed by atoms with Gasteiger partial charge >= 0.3 is 0 Å². The van der Waals surface area contributed by atoms with Crippen molar-refractivity contribution in [2.75, 3.05) is 11.9 Å². The number of aromatic nitrogens is 4. The zero-order valence-corrected chi connectivity index (χ0v) is 14.8. The molecule has 23 heavy (non-hydrogen) atoms. The van der Waals surface area contributed by atoms with E-state index < -0.39 is 0 Å². The number of nitrogens with zero attached hydrogens (tertiary/aromatic N) is 4. The van der Waals surface area contributed by atoms with E-state index in [-0.39, 0.29) is 5.91 Å². The van der Waals surface area contributed by atoms with Gasteiger partial charge < -0.3 is 10.6 Å². The predicted molar refractivity (Wildman–Crippen MR) is 92.1 cm³/mol. The molecular formula is C15H21BrN6O. The van der Waals surface area contributed by atoms with Gasteiger partial charge in [0, 0.05) is 26.1 Å². The summed E-state index contributed by atoms with van der Waals surface area (Å²) in [6, 6.07) is 0.356. The number of hydrogen-bond donors (Lipinski definition) is 2. The molecule has 2 N–H and O–H groups in total. The lowest BCUT2D eigenvalue weighted by atomic mass is 9.95. The van der Waals surface area contributed by atoms with Crippen molar-refractivity contribution in [2.24, 2.45) is 7.05 Å². The van der Waals surface area contributed by atoms with Crippen LogP contribution in [-0.2, 0) is 11.8 Å². The average Bonchev–Trinajstić information content (AvgIpc) is 2.84. The van der Waals surface area contributed by atoms with Crippen LogP contribution in [0.4, 0.5) is 5.82 Å². The lowest BCUT2D eigenvalue weighted by Gasteiger charge is -2.22. The van der Waals surface area contributed by atoms with Crippen LogP contribution < -0.4 is 10.6 Å². The fourth-order valence-corrected chi connectivity index (χ4v) is 3.62. The van der Waals surface area contributed by atoms with Crippen LogP contribution in [0.2, 0.25) is 0 Å². The summed E-state index contributed by atoms with van der Waals surface area (Å²) >= 11 is 3.42. The Kier molecular flexibility index (Phi) is 5.09. The number of carbonyl (C=O) groups excluding carboxylic acids is 1. The first kappa shape index (κ1) is 16.2. The van der Waals surface area contributed by atoms with Gasteiger partial charge in [-0.15, -0.1) is 0 Å². The van der Waals surface area contributed by atoms with E-state index in [2.05, 4.69) is 41.6 Å². The van der Waals surface area contributed by atoms with Gasteiger partial charge in [-0.2, -0.15) is 5.10 Å². The summed E-state index contributed by atoms with van der Waals surface area (Å²) in [4.78, 5) is 20.5. The minimum Gasteiger partial charge on any atom is -0.369 e. The number of hydrogen-bond acceptors (Lipinski definition) is 5. The standard InChI is InChI=1S/C15H21BrN6O/c1-22-15-12(13(16)21-22)14(18-9-19-15)17-8-7-11(23)20-10-5-3-2-4-6-10/h9-10H,2-8H2,1H3,(H,20,23)(H,17,18,19). The maximum atomic E-state index is 12.0. The highest BCUT2D eigenvalue weighted by molar-refractivity contribution is 9.10. The summed E-state index contributed by atoms with van der Waals surface area (Å²) in [5.41, 5.74) is 0.751. The van der Waals surface area contributed by atoms with Gasteiger partial charge in [-0.25, -0.2) is 14.6 Å². The molecule has 1 fully saturated rings. The van der Waals surface area contributed by atoms with E-state index in [9.17, 15) is 4.79 Å². The maximum absolute atomic E-state index is 12.0. The second-order valence-electron chi connectivity index (χ2n) is 5.91. The molecule has 1 amide bonds. The molecule has 3 rings (SSSR count). The average molecular weight is 381 g/mol. The quantitative estimate of drug-likeness (QED) is 0.831. The minimum absolute atomic E-state index is 0.0972. The number of fused-ring (bicyclic) bond motifs is 1. The van der Waals surface area contributed by atoms with Crippen molar-refractivity contribution in [3.05, 3.63) is 10.9 Å². The Labute approximate surface area is 143 Å². The highest BCUT2D eigenvalue weighted by atomic mass is 79.9.